The van der Waals surface area contributed by atoms with Crippen molar-refractivity contribution >= 4 is 38.9 Å². The van der Waals surface area contributed by atoms with Gasteiger partial charge in [-0.25, -0.2) is 13.2 Å². The summed E-state index contributed by atoms with van der Waals surface area (Å²) in [6, 6.07) is 1.89. The molecule has 2 aromatic heterocycles. The van der Waals surface area contributed by atoms with Crippen LogP contribution in [0.15, 0.2) is 22.5 Å². The number of fused-ring (bicyclic) bond motifs is 1. The Morgan fingerprint density at radius 3 is 2.95 bits per heavy atom. The molecule has 0 aromatic carbocycles. The van der Waals surface area contributed by atoms with Gasteiger partial charge in [-0.2, -0.15) is 9.40 Å². The lowest BCUT2D eigenvalue weighted by Gasteiger charge is -2.21. The molecule has 10 heteroatoms. The van der Waals surface area contributed by atoms with Gasteiger partial charge in [-0.15, -0.1) is 11.3 Å². The SMILES string of the molecule is COC(=O)C1c2cn[nH]c2CN1S(=O)(=O)c1ccc(Cl)s1. The number of rotatable bonds is 3. The van der Waals surface area contributed by atoms with Gasteiger partial charge in [0.25, 0.3) is 10.0 Å². The average molecular weight is 348 g/mol. The fraction of sp³-hybridized carbons (Fsp3) is 0.273. The van der Waals surface area contributed by atoms with Gasteiger partial charge in [0.1, 0.15) is 4.21 Å². The first-order valence-corrected chi connectivity index (χ1v) is 8.45. The zero-order chi connectivity index (χ0) is 15.2. The van der Waals surface area contributed by atoms with Crippen LogP contribution in [0.2, 0.25) is 4.34 Å². The number of carbonyl (C=O) groups is 1. The highest BCUT2D eigenvalue weighted by atomic mass is 35.5. The van der Waals surface area contributed by atoms with Crippen LogP contribution >= 0.6 is 22.9 Å². The van der Waals surface area contributed by atoms with E-state index in [0.29, 0.717) is 15.6 Å². The minimum atomic E-state index is -3.84. The Bertz CT molecular complexity index is 798. The van der Waals surface area contributed by atoms with E-state index in [2.05, 4.69) is 10.2 Å². The van der Waals surface area contributed by atoms with E-state index < -0.39 is 22.0 Å². The predicted molar refractivity (Wildman–Crippen MR) is 75.4 cm³/mol. The van der Waals surface area contributed by atoms with Gasteiger partial charge in [-0.05, 0) is 12.1 Å². The number of aromatic nitrogens is 2. The molecule has 1 aliphatic rings. The van der Waals surface area contributed by atoms with Crippen molar-refractivity contribution in [3.05, 3.63) is 33.9 Å². The lowest BCUT2D eigenvalue weighted by molar-refractivity contribution is -0.145. The van der Waals surface area contributed by atoms with E-state index in [0.717, 1.165) is 15.6 Å². The number of nitrogens with zero attached hydrogens (tertiary/aromatic N) is 2. The molecule has 0 aliphatic carbocycles. The number of aromatic amines is 1. The summed E-state index contributed by atoms with van der Waals surface area (Å²) in [6.07, 6.45) is 1.44. The van der Waals surface area contributed by atoms with E-state index in [1.165, 1.54) is 25.4 Å². The number of ether oxygens (including phenoxy) is 1. The largest absolute Gasteiger partial charge is 0.468 e. The van der Waals surface area contributed by atoms with Crippen LogP contribution in [0.4, 0.5) is 0 Å². The number of nitrogens with one attached hydrogen (secondary N) is 1. The van der Waals surface area contributed by atoms with Crippen LogP contribution < -0.4 is 0 Å². The molecule has 1 unspecified atom stereocenters. The first-order valence-electron chi connectivity index (χ1n) is 5.82. The molecular formula is C11H10ClN3O4S2. The van der Waals surface area contributed by atoms with Gasteiger partial charge in [-0.1, -0.05) is 11.6 Å². The zero-order valence-corrected chi connectivity index (χ0v) is 13.1. The van der Waals surface area contributed by atoms with Crippen molar-refractivity contribution in [3.63, 3.8) is 0 Å². The first-order chi connectivity index (χ1) is 9.95. The molecule has 3 heterocycles. The third kappa shape index (κ3) is 2.26. The number of methoxy groups -OCH3 is 1. The predicted octanol–water partition coefficient (Wildman–Crippen LogP) is 1.54. The van der Waals surface area contributed by atoms with Gasteiger partial charge in [0, 0.05) is 5.56 Å². The molecule has 1 aliphatic heterocycles. The number of hydrogen-bond donors (Lipinski definition) is 1. The number of halogens is 1. The maximum absolute atomic E-state index is 12.7. The fourth-order valence-corrected chi connectivity index (χ4v) is 5.36. The second kappa shape index (κ2) is 5.09. The van der Waals surface area contributed by atoms with Crippen molar-refractivity contribution in [2.24, 2.45) is 0 Å². The number of thiophene rings is 1. The van der Waals surface area contributed by atoms with Crippen LogP contribution in [0.5, 0.6) is 0 Å². The van der Waals surface area contributed by atoms with E-state index in [1.54, 1.807) is 0 Å². The van der Waals surface area contributed by atoms with Crippen LogP contribution in [0.1, 0.15) is 17.3 Å². The smallest absolute Gasteiger partial charge is 0.328 e. The Kier molecular flexibility index (Phi) is 3.52. The number of H-pyrrole nitrogens is 1. The Balaban J connectivity index is 2.06. The second-order valence-electron chi connectivity index (χ2n) is 4.34. The summed E-state index contributed by atoms with van der Waals surface area (Å²) < 4.78 is 31.6. The van der Waals surface area contributed by atoms with Gasteiger partial charge < -0.3 is 4.74 Å². The molecule has 0 bridgehead atoms. The van der Waals surface area contributed by atoms with E-state index in [-0.39, 0.29) is 10.8 Å². The highest BCUT2D eigenvalue weighted by Gasteiger charge is 2.45. The highest BCUT2D eigenvalue weighted by molar-refractivity contribution is 7.91. The summed E-state index contributed by atoms with van der Waals surface area (Å²) in [5.74, 6) is -0.652. The molecule has 0 amide bonds. The monoisotopic (exact) mass is 347 g/mol. The summed E-state index contributed by atoms with van der Waals surface area (Å²) in [5.41, 5.74) is 1.09. The van der Waals surface area contributed by atoms with Crippen molar-refractivity contribution < 1.29 is 17.9 Å². The van der Waals surface area contributed by atoms with Crippen LogP contribution in [0.25, 0.3) is 0 Å². The third-order valence-corrected chi connectivity index (χ3v) is 6.69. The van der Waals surface area contributed by atoms with Gasteiger partial charge >= 0.3 is 5.97 Å². The Morgan fingerprint density at radius 1 is 1.57 bits per heavy atom. The molecule has 112 valence electrons. The van der Waals surface area contributed by atoms with Gasteiger partial charge in [-0.3, -0.25) is 5.10 Å². The zero-order valence-electron chi connectivity index (χ0n) is 10.7. The topological polar surface area (TPSA) is 92.4 Å². The fourth-order valence-electron chi connectivity index (χ4n) is 2.22. The van der Waals surface area contributed by atoms with Gasteiger partial charge in [0.15, 0.2) is 6.04 Å². The molecule has 2 aromatic rings. The first kappa shape index (κ1) is 14.5. The molecule has 0 saturated heterocycles. The van der Waals surface area contributed by atoms with E-state index in [9.17, 15) is 13.2 Å². The van der Waals surface area contributed by atoms with Crippen molar-refractivity contribution in [1.29, 1.82) is 0 Å². The maximum Gasteiger partial charge on any atom is 0.328 e. The normalized spacial score (nSPS) is 18.7. The average Bonchev–Trinajstić information content (AvgIpc) is 3.11. The number of esters is 1. The van der Waals surface area contributed by atoms with Crippen molar-refractivity contribution in [1.82, 2.24) is 14.5 Å². The Hall–Kier alpha value is -1.42. The summed E-state index contributed by atoms with van der Waals surface area (Å²) in [5, 5.41) is 6.53. The van der Waals surface area contributed by atoms with Crippen LogP contribution in [-0.2, 0) is 26.1 Å². The Morgan fingerprint density at radius 2 is 2.33 bits per heavy atom. The lowest BCUT2D eigenvalue weighted by Crippen LogP contribution is -2.34. The van der Waals surface area contributed by atoms with Crippen molar-refractivity contribution in [2.45, 2.75) is 16.8 Å². The molecule has 1 atom stereocenters. The molecule has 1 N–H and O–H groups in total. The second-order valence-corrected chi connectivity index (χ2v) is 8.17. The van der Waals surface area contributed by atoms with E-state index in [4.69, 9.17) is 16.3 Å². The van der Waals surface area contributed by atoms with E-state index >= 15 is 0 Å². The number of sulfonamides is 1. The summed E-state index contributed by atoms with van der Waals surface area (Å²) in [6.45, 7) is 0.0347. The summed E-state index contributed by atoms with van der Waals surface area (Å²) >= 11 is 6.74. The van der Waals surface area contributed by atoms with E-state index in [1.807, 2.05) is 0 Å². The summed E-state index contributed by atoms with van der Waals surface area (Å²) in [7, 11) is -2.63. The minimum Gasteiger partial charge on any atom is -0.468 e. The number of hydrogen-bond acceptors (Lipinski definition) is 6. The highest BCUT2D eigenvalue weighted by Crippen LogP contribution is 2.39. The molecule has 0 saturated carbocycles. The molecule has 7 nitrogen and oxygen atoms in total. The van der Waals surface area contributed by atoms with Crippen LogP contribution in [0.3, 0.4) is 0 Å². The molecule has 21 heavy (non-hydrogen) atoms. The lowest BCUT2D eigenvalue weighted by atomic mass is 10.2. The maximum atomic E-state index is 12.7. The molecule has 0 fully saturated rings. The number of carbonyl (C=O) groups excluding carboxylic acids is 1. The minimum absolute atomic E-state index is 0.0347. The third-order valence-electron chi connectivity index (χ3n) is 3.18. The summed E-state index contributed by atoms with van der Waals surface area (Å²) in [4.78, 5) is 12.0. The standard InChI is InChI=1S/C11H10ClN3O4S2/c1-19-11(16)10-6-4-13-14-7(6)5-15(10)21(17,18)9-3-2-8(12)20-9/h2-4,10H,5H2,1H3,(H,13,14). The van der Waals surface area contributed by atoms with Gasteiger partial charge in [0.2, 0.25) is 0 Å². The molecule has 3 rings (SSSR count). The van der Waals surface area contributed by atoms with Crippen molar-refractivity contribution in [3.8, 4) is 0 Å². The van der Waals surface area contributed by atoms with Crippen LogP contribution in [0, 0.1) is 0 Å². The molecule has 0 radical (unpaired) electrons. The van der Waals surface area contributed by atoms with Crippen LogP contribution in [-0.4, -0.2) is 36.0 Å². The quantitative estimate of drug-likeness (QED) is 0.850. The molecular weight excluding hydrogens is 338 g/mol. The molecule has 0 spiro atoms. The van der Waals surface area contributed by atoms with Gasteiger partial charge in [0.05, 0.1) is 29.9 Å². The Labute approximate surface area is 129 Å². The van der Waals surface area contributed by atoms with Crippen molar-refractivity contribution in [2.75, 3.05) is 7.11 Å².